The number of quaternary nitrogens is 1. The molecule has 0 bridgehead atoms. The molecule has 1 rings (SSSR count). The normalized spacial score (nSPS) is 23.7. The third-order valence-corrected chi connectivity index (χ3v) is 4.07. The highest BCUT2D eigenvalue weighted by molar-refractivity contribution is 4.60. The van der Waals surface area contributed by atoms with Gasteiger partial charge < -0.3 is 15.0 Å². The number of morpholine rings is 1. The smallest absolute Gasteiger partial charge is 0.107 e. The van der Waals surface area contributed by atoms with Gasteiger partial charge in [0, 0.05) is 0 Å². The third kappa shape index (κ3) is 9.42. The molecule has 1 heterocycles. The van der Waals surface area contributed by atoms with Crippen molar-refractivity contribution in [1.82, 2.24) is 0 Å². The quantitative estimate of drug-likeness (QED) is 0.463. The van der Waals surface area contributed by atoms with Crippen molar-refractivity contribution in [3.63, 3.8) is 0 Å². The molecule has 1 fully saturated rings. The van der Waals surface area contributed by atoms with E-state index in [4.69, 9.17) is 4.74 Å². The lowest BCUT2D eigenvalue weighted by atomic mass is 10.0. The second-order valence-corrected chi connectivity index (χ2v) is 5.96. The number of hydroxylamine groups is 2. The molecule has 0 aromatic rings. The topological polar surface area (TPSA) is 36.7 Å². The summed E-state index contributed by atoms with van der Waals surface area (Å²) in [6.45, 7) is 4.22. The second kappa shape index (κ2) is 11.7. The molecule has 0 amide bonds. The Labute approximate surface area is 119 Å². The van der Waals surface area contributed by atoms with E-state index in [1.165, 1.54) is 64.2 Å². The first kappa shape index (κ1) is 16.9. The van der Waals surface area contributed by atoms with Crippen LogP contribution in [0.2, 0.25) is 0 Å². The number of unbranched alkanes of at least 4 members (excludes halogenated alkanes) is 9. The summed E-state index contributed by atoms with van der Waals surface area (Å²) < 4.78 is 5.61. The van der Waals surface area contributed by atoms with Gasteiger partial charge in [0.2, 0.25) is 0 Å². The van der Waals surface area contributed by atoms with Gasteiger partial charge >= 0.3 is 0 Å². The van der Waals surface area contributed by atoms with Crippen LogP contribution in [0.5, 0.6) is 0 Å². The Balaban J connectivity index is 1.78. The van der Waals surface area contributed by atoms with E-state index in [9.17, 15) is 5.21 Å². The van der Waals surface area contributed by atoms with E-state index in [2.05, 4.69) is 6.92 Å². The van der Waals surface area contributed by atoms with Gasteiger partial charge in [0.25, 0.3) is 0 Å². The minimum atomic E-state index is 0.232. The zero-order valence-electron chi connectivity index (χ0n) is 12.8. The van der Waals surface area contributed by atoms with Crippen LogP contribution in [0.4, 0.5) is 0 Å². The molecule has 1 aliphatic rings. The van der Waals surface area contributed by atoms with Crippen LogP contribution in [0.3, 0.4) is 0 Å². The van der Waals surface area contributed by atoms with Gasteiger partial charge in [0.05, 0.1) is 6.61 Å². The van der Waals surface area contributed by atoms with Gasteiger partial charge in [-0.2, -0.15) is 0 Å². The van der Waals surface area contributed by atoms with E-state index in [1.807, 2.05) is 0 Å². The van der Waals surface area contributed by atoms with Gasteiger partial charge in [-0.25, -0.2) is 0 Å². The van der Waals surface area contributed by atoms with E-state index in [1.54, 1.807) is 0 Å². The molecule has 1 N–H and O–H groups in total. The summed E-state index contributed by atoms with van der Waals surface area (Å²) >= 11 is 0. The number of ether oxygens (including phenoxy) is 1. The van der Waals surface area contributed by atoms with Crippen molar-refractivity contribution in [3.8, 4) is 0 Å². The minimum Gasteiger partial charge on any atom is -0.634 e. The van der Waals surface area contributed by atoms with Gasteiger partial charge in [0.1, 0.15) is 19.2 Å². The van der Waals surface area contributed by atoms with Crippen molar-refractivity contribution < 1.29 is 9.80 Å². The Morgan fingerprint density at radius 2 is 1.53 bits per heavy atom. The fourth-order valence-electron chi connectivity index (χ4n) is 2.80. The van der Waals surface area contributed by atoms with E-state index in [-0.39, 0.29) is 6.10 Å². The Morgan fingerprint density at radius 3 is 2.11 bits per heavy atom. The standard InChI is InChI=1S/C16H33NO2/c1-2-3-4-5-6-7-8-9-10-11-12-16-15-17(18)13-14-19-16/h16-17H,2-15H2,1H3. The number of hydrogen-bond donors (Lipinski definition) is 1. The zero-order valence-corrected chi connectivity index (χ0v) is 12.8. The lowest BCUT2D eigenvalue weighted by Gasteiger charge is -2.32. The average Bonchev–Trinajstić information content (AvgIpc) is 2.41. The van der Waals surface area contributed by atoms with Crippen LogP contribution in [0.1, 0.15) is 77.6 Å². The largest absolute Gasteiger partial charge is 0.634 e. The molecule has 1 saturated heterocycles. The SMILES string of the molecule is CCCCCCCCCCCCC1C[NH+]([O-])CCO1. The molecule has 19 heavy (non-hydrogen) atoms. The van der Waals surface area contributed by atoms with Gasteiger partial charge in [-0.05, 0) is 6.42 Å². The highest BCUT2D eigenvalue weighted by Crippen LogP contribution is 2.12. The predicted octanol–water partition coefficient (Wildman–Crippen LogP) is 3.08. The van der Waals surface area contributed by atoms with Crippen molar-refractivity contribution in [3.05, 3.63) is 5.21 Å². The average molecular weight is 271 g/mol. The van der Waals surface area contributed by atoms with Crippen LogP contribution in [0.15, 0.2) is 0 Å². The first-order valence-electron chi connectivity index (χ1n) is 8.46. The highest BCUT2D eigenvalue weighted by Gasteiger charge is 2.17. The van der Waals surface area contributed by atoms with Crippen molar-refractivity contribution in [2.45, 2.75) is 83.7 Å². The summed E-state index contributed by atoms with van der Waals surface area (Å²) in [5, 5.41) is 11.7. The fourth-order valence-corrected chi connectivity index (χ4v) is 2.80. The molecule has 2 atom stereocenters. The van der Waals surface area contributed by atoms with Gasteiger partial charge in [-0.1, -0.05) is 71.1 Å². The van der Waals surface area contributed by atoms with Crippen molar-refractivity contribution >= 4 is 0 Å². The Hall–Kier alpha value is -0.120. The van der Waals surface area contributed by atoms with Crippen molar-refractivity contribution in [1.29, 1.82) is 0 Å². The van der Waals surface area contributed by atoms with Crippen LogP contribution in [0.25, 0.3) is 0 Å². The molecule has 1 aliphatic heterocycles. The van der Waals surface area contributed by atoms with E-state index < -0.39 is 0 Å². The Kier molecular flexibility index (Phi) is 10.4. The van der Waals surface area contributed by atoms with Crippen LogP contribution in [-0.2, 0) is 4.74 Å². The summed E-state index contributed by atoms with van der Waals surface area (Å²) in [6, 6.07) is 0. The molecule has 0 aliphatic carbocycles. The molecule has 2 unspecified atom stereocenters. The molecule has 0 aromatic carbocycles. The summed E-state index contributed by atoms with van der Waals surface area (Å²) in [4.78, 5) is 0. The zero-order chi connectivity index (χ0) is 13.8. The number of rotatable bonds is 11. The lowest BCUT2D eigenvalue weighted by Crippen LogP contribution is -3.10. The second-order valence-electron chi connectivity index (χ2n) is 5.96. The summed E-state index contributed by atoms with van der Waals surface area (Å²) in [7, 11) is 0. The Morgan fingerprint density at radius 1 is 0.947 bits per heavy atom. The lowest BCUT2D eigenvalue weighted by molar-refractivity contribution is -0.861. The highest BCUT2D eigenvalue weighted by atomic mass is 16.5. The van der Waals surface area contributed by atoms with Gasteiger partial charge in [-0.3, -0.25) is 0 Å². The molecule has 114 valence electrons. The maximum atomic E-state index is 11.3. The molecule has 0 radical (unpaired) electrons. The number of hydrogen-bond acceptors (Lipinski definition) is 2. The molecule has 0 spiro atoms. The maximum Gasteiger partial charge on any atom is 0.107 e. The van der Waals surface area contributed by atoms with Gasteiger partial charge in [0.15, 0.2) is 0 Å². The van der Waals surface area contributed by atoms with Crippen molar-refractivity contribution in [2.24, 2.45) is 0 Å². The first-order chi connectivity index (χ1) is 9.33. The number of nitrogens with one attached hydrogen (secondary N) is 1. The Bertz CT molecular complexity index is 199. The molecule has 3 nitrogen and oxygen atoms in total. The molecule has 0 aromatic heterocycles. The van der Waals surface area contributed by atoms with Crippen LogP contribution in [-0.4, -0.2) is 25.8 Å². The maximum absolute atomic E-state index is 11.3. The summed E-state index contributed by atoms with van der Waals surface area (Å²) in [6.07, 6.45) is 15.0. The van der Waals surface area contributed by atoms with Crippen LogP contribution >= 0.6 is 0 Å². The van der Waals surface area contributed by atoms with Crippen molar-refractivity contribution in [2.75, 3.05) is 19.7 Å². The van der Waals surface area contributed by atoms with Crippen LogP contribution < -0.4 is 5.06 Å². The molecule has 0 saturated carbocycles. The van der Waals surface area contributed by atoms with Gasteiger partial charge in [-0.15, -0.1) is 0 Å². The molecular weight excluding hydrogens is 238 g/mol. The monoisotopic (exact) mass is 271 g/mol. The van der Waals surface area contributed by atoms with E-state index >= 15 is 0 Å². The predicted molar refractivity (Wildman–Crippen MR) is 80.3 cm³/mol. The van der Waals surface area contributed by atoms with E-state index in [0.29, 0.717) is 24.8 Å². The van der Waals surface area contributed by atoms with E-state index in [0.717, 1.165) is 6.42 Å². The molecular formula is C16H33NO2. The minimum absolute atomic E-state index is 0.232. The van der Waals surface area contributed by atoms with Crippen LogP contribution in [0, 0.1) is 5.21 Å². The summed E-state index contributed by atoms with van der Waals surface area (Å²) in [5.74, 6) is 0. The third-order valence-electron chi connectivity index (χ3n) is 4.07. The fraction of sp³-hybridized carbons (Fsp3) is 1.00. The summed E-state index contributed by atoms with van der Waals surface area (Å²) in [5.41, 5.74) is 0. The first-order valence-corrected chi connectivity index (χ1v) is 8.46. The molecule has 3 heteroatoms.